The molecule has 25 heavy (non-hydrogen) atoms. The summed E-state index contributed by atoms with van der Waals surface area (Å²) in [4.78, 5) is 12.5. The molecule has 0 aromatic heterocycles. The Morgan fingerprint density at radius 1 is 0.880 bits per heavy atom. The van der Waals surface area contributed by atoms with Crippen LogP contribution in [-0.2, 0) is 6.54 Å². The number of hydrogen-bond acceptors (Lipinski definition) is 5. The van der Waals surface area contributed by atoms with Crippen molar-refractivity contribution in [2.75, 3.05) is 28.4 Å². The average Bonchev–Trinajstić information content (AvgIpc) is 2.65. The van der Waals surface area contributed by atoms with Gasteiger partial charge in [-0.2, -0.15) is 0 Å². The molecule has 0 bridgehead atoms. The smallest absolute Gasteiger partial charge is 0.255 e. The average molecular weight is 366 g/mol. The Bertz CT molecular complexity index is 763. The lowest BCUT2D eigenvalue weighted by atomic mass is 10.1. The lowest BCUT2D eigenvalue weighted by molar-refractivity contribution is 0.0947. The number of carbonyl (C=O) groups excluding carboxylic acids is 1. The number of carbonyl (C=O) groups is 1. The topological polar surface area (TPSA) is 66.0 Å². The van der Waals surface area contributed by atoms with Gasteiger partial charge in [-0.15, -0.1) is 0 Å². The highest BCUT2D eigenvalue weighted by atomic mass is 35.5. The number of benzene rings is 2. The molecule has 2 aromatic rings. The molecule has 0 spiro atoms. The third-order valence-corrected chi connectivity index (χ3v) is 3.87. The molecule has 0 saturated carbocycles. The maximum absolute atomic E-state index is 12.5. The Morgan fingerprint density at radius 3 is 2.08 bits per heavy atom. The predicted octanol–water partition coefficient (Wildman–Crippen LogP) is 3.30. The first-order valence-electron chi connectivity index (χ1n) is 7.44. The van der Waals surface area contributed by atoms with E-state index in [9.17, 15) is 4.79 Å². The van der Waals surface area contributed by atoms with Gasteiger partial charge in [0.05, 0.1) is 34.0 Å². The van der Waals surface area contributed by atoms with Crippen LogP contribution in [0.25, 0.3) is 0 Å². The molecule has 1 N–H and O–H groups in total. The summed E-state index contributed by atoms with van der Waals surface area (Å²) < 4.78 is 21.1. The van der Waals surface area contributed by atoms with Crippen molar-refractivity contribution >= 4 is 17.5 Å². The van der Waals surface area contributed by atoms with E-state index in [0.29, 0.717) is 33.6 Å². The van der Waals surface area contributed by atoms with E-state index in [0.717, 1.165) is 5.56 Å². The highest BCUT2D eigenvalue weighted by molar-refractivity contribution is 6.31. The van der Waals surface area contributed by atoms with E-state index in [1.165, 1.54) is 7.11 Å². The van der Waals surface area contributed by atoms with Crippen molar-refractivity contribution in [1.82, 2.24) is 5.32 Å². The van der Waals surface area contributed by atoms with Crippen LogP contribution in [0, 0.1) is 0 Å². The Balaban J connectivity index is 2.23. The van der Waals surface area contributed by atoms with Crippen LogP contribution < -0.4 is 24.3 Å². The number of halogens is 1. The Hall–Kier alpha value is -2.60. The van der Waals surface area contributed by atoms with E-state index < -0.39 is 0 Å². The maximum atomic E-state index is 12.5. The van der Waals surface area contributed by atoms with Crippen molar-refractivity contribution in [2.45, 2.75) is 6.54 Å². The SMILES string of the molecule is COc1cc(OC)c(OC)cc1CNC(=O)c1cc(Cl)ccc1OC. The third-order valence-electron chi connectivity index (χ3n) is 3.63. The fourth-order valence-corrected chi connectivity index (χ4v) is 2.53. The molecule has 0 radical (unpaired) electrons. The summed E-state index contributed by atoms with van der Waals surface area (Å²) in [6.07, 6.45) is 0. The quantitative estimate of drug-likeness (QED) is 0.815. The summed E-state index contributed by atoms with van der Waals surface area (Å²) >= 11 is 5.97. The minimum atomic E-state index is -0.309. The fourth-order valence-electron chi connectivity index (χ4n) is 2.36. The zero-order valence-electron chi connectivity index (χ0n) is 14.5. The number of hydrogen-bond donors (Lipinski definition) is 1. The molecular formula is C18H20ClNO5. The summed E-state index contributed by atoms with van der Waals surface area (Å²) in [6.45, 7) is 0.234. The molecule has 7 heteroatoms. The number of amides is 1. The van der Waals surface area contributed by atoms with E-state index in [2.05, 4.69) is 5.32 Å². The first-order valence-corrected chi connectivity index (χ1v) is 7.82. The molecule has 0 aliphatic rings. The van der Waals surface area contributed by atoms with Gasteiger partial charge < -0.3 is 24.3 Å². The predicted molar refractivity (Wildman–Crippen MR) is 95.3 cm³/mol. The second-order valence-corrected chi connectivity index (χ2v) is 5.48. The van der Waals surface area contributed by atoms with Crippen molar-refractivity contribution < 1.29 is 23.7 Å². The standard InChI is InChI=1S/C18H20ClNO5/c1-22-14-6-5-12(19)8-13(14)18(21)20-10-11-7-16(24-3)17(25-4)9-15(11)23-2/h5-9H,10H2,1-4H3,(H,20,21). The van der Waals surface area contributed by atoms with Crippen LogP contribution in [0.3, 0.4) is 0 Å². The highest BCUT2D eigenvalue weighted by Gasteiger charge is 2.16. The number of methoxy groups -OCH3 is 4. The monoisotopic (exact) mass is 365 g/mol. The van der Waals surface area contributed by atoms with Crippen molar-refractivity contribution in [3.05, 3.63) is 46.5 Å². The number of ether oxygens (including phenoxy) is 4. The van der Waals surface area contributed by atoms with Gasteiger partial charge in [-0.3, -0.25) is 4.79 Å². The van der Waals surface area contributed by atoms with Gasteiger partial charge in [-0.05, 0) is 24.3 Å². The van der Waals surface area contributed by atoms with Gasteiger partial charge in [0.15, 0.2) is 11.5 Å². The van der Waals surface area contributed by atoms with Gasteiger partial charge in [0, 0.05) is 23.2 Å². The maximum Gasteiger partial charge on any atom is 0.255 e. The van der Waals surface area contributed by atoms with Crippen LogP contribution in [-0.4, -0.2) is 34.3 Å². The van der Waals surface area contributed by atoms with E-state index >= 15 is 0 Å². The largest absolute Gasteiger partial charge is 0.496 e. The lowest BCUT2D eigenvalue weighted by Crippen LogP contribution is -2.23. The van der Waals surface area contributed by atoms with Crippen molar-refractivity contribution in [2.24, 2.45) is 0 Å². The van der Waals surface area contributed by atoms with Crippen LogP contribution in [0.15, 0.2) is 30.3 Å². The third kappa shape index (κ3) is 4.28. The lowest BCUT2D eigenvalue weighted by Gasteiger charge is -2.15. The van der Waals surface area contributed by atoms with E-state index in [4.69, 9.17) is 30.5 Å². The molecule has 0 unspecified atom stereocenters. The van der Waals surface area contributed by atoms with Gasteiger partial charge in [-0.25, -0.2) is 0 Å². The molecule has 6 nitrogen and oxygen atoms in total. The van der Waals surface area contributed by atoms with Gasteiger partial charge in [0.25, 0.3) is 5.91 Å². The Labute approximate surface area is 151 Å². The second-order valence-electron chi connectivity index (χ2n) is 5.05. The molecule has 0 heterocycles. The van der Waals surface area contributed by atoms with Crippen molar-refractivity contribution in [1.29, 1.82) is 0 Å². The van der Waals surface area contributed by atoms with Crippen LogP contribution in [0.5, 0.6) is 23.0 Å². The second kappa shape index (κ2) is 8.48. The van der Waals surface area contributed by atoms with Gasteiger partial charge in [0.1, 0.15) is 11.5 Å². The number of rotatable bonds is 7. The zero-order chi connectivity index (χ0) is 18.4. The molecule has 0 fully saturated rings. The van der Waals surface area contributed by atoms with Crippen LogP contribution >= 0.6 is 11.6 Å². The minimum Gasteiger partial charge on any atom is -0.496 e. The zero-order valence-corrected chi connectivity index (χ0v) is 15.3. The van der Waals surface area contributed by atoms with Crippen molar-refractivity contribution in [3.63, 3.8) is 0 Å². The summed E-state index contributed by atoms with van der Waals surface area (Å²) in [5.41, 5.74) is 1.10. The highest BCUT2D eigenvalue weighted by Crippen LogP contribution is 2.34. The van der Waals surface area contributed by atoms with Crippen LogP contribution in [0.4, 0.5) is 0 Å². The molecule has 134 valence electrons. The molecule has 0 aliphatic heterocycles. The summed E-state index contributed by atoms with van der Waals surface area (Å²) in [5, 5.41) is 3.28. The van der Waals surface area contributed by atoms with E-state index in [-0.39, 0.29) is 12.5 Å². The Morgan fingerprint density at radius 2 is 1.48 bits per heavy atom. The number of nitrogens with one attached hydrogen (secondary N) is 1. The van der Waals surface area contributed by atoms with E-state index in [1.807, 2.05) is 0 Å². The first-order chi connectivity index (χ1) is 12.0. The van der Waals surface area contributed by atoms with Crippen LogP contribution in [0.1, 0.15) is 15.9 Å². The summed E-state index contributed by atoms with van der Waals surface area (Å²) in [7, 11) is 6.14. The molecule has 1 amide bonds. The molecule has 0 saturated heterocycles. The minimum absolute atomic E-state index is 0.234. The van der Waals surface area contributed by atoms with Gasteiger partial charge in [0.2, 0.25) is 0 Å². The van der Waals surface area contributed by atoms with Gasteiger partial charge >= 0.3 is 0 Å². The Kier molecular flexibility index (Phi) is 6.36. The molecule has 2 rings (SSSR count). The van der Waals surface area contributed by atoms with Crippen LogP contribution in [0.2, 0.25) is 5.02 Å². The normalized spacial score (nSPS) is 10.1. The summed E-state index contributed by atoms with van der Waals surface area (Å²) in [6, 6.07) is 8.33. The summed E-state index contributed by atoms with van der Waals surface area (Å²) in [5.74, 6) is 1.81. The molecular weight excluding hydrogens is 346 g/mol. The molecule has 0 atom stereocenters. The van der Waals surface area contributed by atoms with Crippen molar-refractivity contribution in [3.8, 4) is 23.0 Å². The molecule has 0 aliphatic carbocycles. The fraction of sp³-hybridized carbons (Fsp3) is 0.278. The first kappa shape index (κ1) is 18.7. The van der Waals surface area contributed by atoms with Gasteiger partial charge in [-0.1, -0.05) is 11.6 Å². The molecule has 2 aromatic carbocycles. The van der Waals surface area contributed by atoms with E-state index in [1.54, 1.807) is 51.7 Å².